The van der Waals surface area contributed by atoms with Crippen molar-refractivity contribution in [1.29, 1.82) is 0 Å². The van der Waals surface area contributed by atoms with Gasteiger partial charge in [-0.25, -0.2) is 8.78 Å². The van der Waals surface area contributed by atoms with Gasteiger partial charge in [-0.1, -0.05) is 0 Å². The van der Waals surface area contributed by atoms with E-state index in [1.165, 1.54) is 6.26 Å². The van der Waals surface area contributed by atoms with Crippen LogP contribution in [0.5, 0.6) is 0 Å². The Morgan fingerprint density at radius 3 is 2.79 bits per heavy atom. The van der Waals surface area contributed by atoms with E-state index in [1.807, 2.05) is 0 Å². The molecule has 1 amide bonds. The molecule has 0 spiro atoms. The van der Waals surface area contributed by atoms with E-state index in [4.69, 9.17) is 4.42 Å². The molecule has 106 valence electrons. The Morgan fingerprint density at radius 1 is 1.53 bits per heavy atom. The topological polar surface area (TPSA) is 62.5 Å². The Labute approximate surface area is 109 Å². The molecule has 1 heterocycles. The molecular formula is C13H17F2NO3. The molecule has 4 nitrogen and oxygen atoms in total. The third-order valence-corrected chi connectivity index (χ3v) is 3.43. The number of aliphatic hydroxyl groups excluding tert-OH is 1. The summed E-state index contributed by atoms with van der Waals surface area (Å²) in [6, 6.07) is 3.25. The van der Waals surface area contributed by atoms with Crippen molar-refractivity contribution in [2.24, 2.45) is 5.92 Å². The largest absolute Gasteiger partial charge is 0.467 e. The summed E-state index contributed by atoms with van der Waals surface area (Å²) in [5, 5.41) is 12.3. The summed E-state index contributed by atoms with van der Waals surface area (Å²) in [7, 11) is 0. The second kappa shape index (κ2) is 5.69. The fourth-order valence-electron chi connectivity index (χ4n) is 2.23. The van der Waals surface area contributed by atoms with Gasteiger partial charge in [-0.3, -0.25) is 4.79 Å². The first-order valence-corrected chi connectivity index (χ1v) is 6.35. The van der Waals surface area contributed by atoms with Gasteiger partial charge in [-0.05, 0) is 25.0 Å². The van der Waals surface area contributed by atoms with Crippen molar-refractivity contribution in [3.8, 4) is 0 Å². The standard InChI is InChI=1S/C13H17F2NO3/c14-13(15)5-3-9(4-6-13)12(18)16-8-10(17)11-2-1-7-19-11/h1-2,7,9-10,17H,3-6,8H2,(H,16,18). The van der Waals surface area contributed by atoms with Crippen LogP contribution in [-0.2, 0) is 4.79 Å². The third kappa shape index (κ3) is 3.76. The van der Waals surface area contributed by atoms with Gasteiger partial charge in [0.25, 0.3) is 0 Å². The van der Waals surface area contributed by atoms with Crippen molar-refractivity contribution in [3.05, 3.63) is 24.2 Å². The number of hydrogen-bond donors (Lipinski definition) is 2. The number of aliphatic hydroxyl groups is 1. The Bertz CT molecular complexity index is 410. The molecule has 1 saturated carbocycles. The lowest BCUT2D eigenvalue weighted by Crippen LogP contribution is -2.37. The number of carbonyl (C=O) groups is 1. The highest BCUT2D eigenvalue weighted by atomic mass is 19.3. The highest BCUT2D eigenvalue weighted by Crippen LogP contribution is 2.36. The number of furan rings is 1. The first-order valence-electron chi connectivity index (χ1n) is 6.35. The van der Waals surface area contributed by atoms with E-state index >= 15 is 0 Å². The predicted molar refractivity (Wildman–Crippen MR) is 63.6 cm³/mol. The molecule has 19 heavy (non-hydrogen) atoms. The molecule has 0 saturated heterocycles. The summed E-state index contributed by atoms with van der Waals surface area (Å²) >= 11 is 0. The zero-order valence-electron chi connectivity index (χ0n) is 10.4. The summed E-state index contributed by atoms with van der Waals surface area (Å²) < 4.78 is 30.9. The maximum absolute atomic E-state index is 13.0. The van der Waals surface area contributed by atoms with Gasteiger partial charge in [-0.2, -0.15) is 0 Å². The van der Waals surface area contributed by atoms with Gasteiger partial charge in [0, 0.05) is 18.8 Å². The average molecular weight is 273 g/mol. The van der Waals surface area contributed by atoms with Crippen LogP contribution in [0.2, 0.25) is 0 Å². The molecule has 1 fully saturated rings. The number of hydrogen-bond acceptors (Lipinski definition) is 3. The summed E-state index contributed by atoms with van der Waals surface area (Å²) in [6.45, 7) is 0.0270. The van der Waals surface area contributed by atoms with E-state index in [9.17, 15) is 18.7 Å². The van der Waals surface area contributed by atoms with Crippen LogP contribution in [0.25, 0.3) is 0 Å². The van der Waals surface area contributed by atoms with Crippen LogP contribution in [0, 0.1) is 5.92 Å². The number of amides is 1. The molecule has 0 bridgehead atoms. The molecule has 2 N–H and O–H groups in total. The summed E-state index contributed by atoms with van der Waals surface area (Å²) in [5.41, 5.74) is 0. The molecule has 0 aromatic carbocycles. The van der Waals surface area contributed by atoms with Crippen molar-refractivity contribution < 1.29 is 23.1 Å². The minimum Gasteiger partial charge on any atom is -0.467 e. The van der Waals surface area contributed by atoms with E-state index < -0.39 is 12.0 Å². The molecule has 0 radical (unpaired) electrons. The Balaban J connectivity index is 1.76. The monoisotopic (exact) mass is 273 g/mol. The van der Waals surface area contributed by atoms with Crippen molar-refractivity contribution >= 4 is 5.91 Å². The van der Waals surface area contributed by atoms with Crippen molar-refractivity contribution in [2.75, 3.05) is 6.54 Å². The van der Waals surface area contributed by atoms with Gasteiger partial charge in [0.1, 0.15) is 11.9 Å². The van der Waals surface area contributed by atoms with Crippen LogP contribution in [0.1, 0.15) is 37.5 Å². The highest BCUT2D eigenvalue weighted by Gasteiger charge is 2.37. The Kier molecular flexibility index (Phi) is 4.19. The van der Waals surface area contributed by atoms with Crippen LogP contribution in [0.15, 0.2) is 22.8 Å². The quantitative estimate of drug-likeness (QED) is 0.884. The Morgan fingerprint density at radius 2 is 2.21 bits per heavy atom. The lowest BCUT2D eigenvalue weighted by Gasteiger charge is -2.27. The molecule has 1 aromatic heterocycles. The van der Waals surface area contributed by atoms with E-state index in [-0.39, 0.29) is 44.1 Å². The minimum absolute atomic E-state index is 0.0270. The maximum atomic E-state index is 13.0. The zero-order chi connectivity index (χ0) is 13.9. The number of nitrogens with one attached hydrogen (secondary N) is 1. The molecule has 0 aliphatic heterocycles. The van der Waals surface area contributed by atoms with Crippen LogP contribution in [-0.4, -0.2) is 23.5 Å². The van der Waals surface area contributed by atoms with Gasteiger partial charge >= 0.3 is 0 Å². The fraction of sp³-hybridized carbons (Fsp3) is 0.615. The summed E-state index contributed by atoms with van der Waals surface area (Å²) in [6.07, 6.45) is 0.413. The number of alkyl halides is 2. The molecule has 1 aromatic rings. The van der Waals surface area contributed by atoms with E-state index in [0.717, 1.165) is 0 Å². The van der Waals surface area contributed by atoms with Crippen LogP contribution < -0.4 is 5.32 Å². The molecule has 1 aliphatic rings. The van der Waals surface area contributed by atoms with Gasteiger partial charge in [0.15, 0.2) is 0 Å². The van der Waals surface area contributed by atoms with E-state index in [2.05, 4.69) is 5.32 Å². The smallest absolute Gasteiger partial charge is 0.248 e. The van der Waals surface area contributed by atoms with Gasteiger partial charge in [0.2, 0.25) is 11.8 Å². The van der Waals surface area contributed by atoms with Gasteiger partial charge < -0.3 is 14.8 Å². The molecular weight excluding hydrogens is 256 g/mol. The molecule has 1 aliphatic carbocycles. The lowest BCUT2D eigenvalue weighted by molar-refractivity contribution is -0.129. The van der Waals surface area contributed by atoms with Gasteiger partial charge in [0.05, 0.1) is 12.8 Å². The average Bonchev–Trinajstić information content (AvgIpc) is 2.89. The normalized spacial score (nSPS) is 21.0. The second-order valence-corrected chi connectivity index (χ2v) is 4.91. The lowest BCUT2D eigenvalue weighted by atomic mass is 9.86. The summed E-state index contributed by atoms with van der Waals surface area (Å²) in [5.74, 6) is -2.93. The molecule has 2 rings (SSSR count). The van der Waals surface area contributed by atoms with Crippen LogP contribution in [0.4, 0.5) is 8.78 Å². The number of halogens is 2. The predicted octanol–water partition coefficient (Wildman–Crippen LogP) is 2.25. The first kappa shape index (κ1) is 14.0. The molecule has 6 heteroatoms. The zero-order valence-corrected chi connectivity index (χ0v) is 10.4. The first-order chi connectivity index (χ1) is 8.98. The van der Waals surface area contributed by atoms with Crippen molar-refractivity contribution in [1.82, 2.24) is 5.32 Å². The highest BCUT2D eigenvalue weighted by molar-refractivity contribution is 5.78. The van der Waals surface area contributed by atoms with E-state index in [1.54, 1.807) is 12.1 Å². The van der Waals surface area contributed by atoms with Crippen molar-refractivity contribution in [2.45, 2.75) is 37.7 Å². The number of carbonyl (C=O) groups excluding carboxylic acids is 1. The third-order valence-electron chi connectivity index (χ3n) is 3.43. The molecule has 1 atom stereocenters. The molecule has 1 unspecified atom stereocenters. The van der Waals surface area contributed by atoms with Gasteiger partial charge in [-0.15, -0.1) is 0 Å². The van der Waals surface area contributed by atoms with Crippen LogP contribution in [0.3, 0.4) is 0 Å². The maximum Gasteiger partial charge on any atom is 0.248 e. The SMILES string of the molecule is O=C(NCC(O)c1ccco1)C1CCC(F)(F)CC1. The fourth-order valence-corrected chi connectivity index (χ4v) is 2.23. The second-order valence-electron chi connectivity index (χ2n) is 4.91. The van der Waals surface area contributed by atoms with E-state index in [0.29, 0.717) is 5.76 Å². The number of rotatable bonds is 4. The van der Waals surface area contributed by atoms with Crippen LogP contribution >= 0.6 is 0 Å². The minimum atomic E-state index is -2.63. The Hall–Kier alpha value is -1.43. The summed E-state index contributed by atoms with van der Waals surface area (Å²) in [4.78, 5) is 11.8. The van der Waals surface area contributed by atoms with Crippen molar-refractivity contribution in [3.63, 3.8) is 0 Å².